The van der Waals surface area contributed by atoms with Gasteiger partial charge in [-0.1, -0.05) is 11.6 Å². The number of hydrogen-bond acceptors (Lipinski definition) is 3. The van der Waals surface area contributed by atoms with Crippen LogP contribution in [0.3, 0.4) is 0 Å². The zero-order valence-electron chi connectivity index (χ0n) is 8.95. The topological polar surface area (TPSA) is 62.1 Å². The van der Waals surface area contributed by atoms with Crippen molar-refractivity contribution in [3.63, 3.8) is 0 Å². The lowest BCUT2D eigenvalue weighted by molar-refractivity contribution is -0.126. The normalized spacial score (nSPS) is 11.4. The largest absolute Gasteiger partial charge is 0.481 e. The number of nitriles is 1. The van der Waals surface area contributed by atoms with Crippen molar-refractivity contribution in [2.75, 3.05) is 7.05 Å². The minimum absolute atomic E-state index is 0.222. The van der Waals surface area contributed by atoms with E-state index in [0.29, 0.717) is 16.3 Å². The third-order valence-corrected chi connectivity index (χ3v) is 2.30. The van der Waals surface area contributed by atoms with Gasteiger partial charge in [-0.3, -0.25) is 4.79 Å². The van der Waals surface area contributed by atoms with Gasteiger partial charge in [0, 0.05) is 13.1 Å². The predicted molar refractivity (Wildman–Crippen MR) is 60.3 cm³/mol. The van der Waals surface area contributed by atoms with Gasteiger partial charge < -0.3 is 10.1 Å². The summed E-state index contributed by atoms with van der Waals surface area (Å²) in [5.74, 6) is 0.237. The third-order valence-electron chi connectivity index (χ3n) is 1.99. The van der Waals surface area contributed by atoms with Crippen molar-refractivity contribution in [3.05, 3.63) is 28.8 Å². The summed E-state index contributed by atoms with van der Waals surface area (Å²) < 4.78 is 5.34. The first-order chi connectivity index (χ1) is 7.58. The number of carbonyl (C=O) groups is 1. The molecule has 4 nitrogen and oxygen atoms in total. The lowest BCUT2D eigenvalue weighted by Crippen LogP contribution is -2.33. The van der Waals surface area contributed by atoms with Gasteiger partial charge in [0.1, 0.15) is 11.8 Å². The second-order valence-corrected chi connectivity index (χ2v) is 3.53. The van der Waals surface area contributed by atoms with Crippen LogP contribution in [0.1, 0.15) is 12.5 Å². The summed E-state index contributed by atoms with van der Waals surface area (Å²) in [5, 5.41) is 11.5. The zero-order valence-corrected chi connectivity index (χ0v) is 9.71. The second-order valence-electron chi connectivity index (χ2n) is 3.13. The van der Waals surface area contributed by atoms with Gasteiger partial charge in [0.25, 0.3) is 5.91 Å². The van der Waals surface area contributed by atoms with Crippen LogP contribution in [-0.4, -0.2) is 19.1 Å². The van der Waals surface area contributed by atoms with E-state index in [4.69, 9.17) is 21.6 Å². The molecule has 0 aliphatic heterocycles. The fraction of sp³-hybridized carbons (Fsp3) is 0.273. The van der Waals surface area contributed by atoms with E-state index in [1.54, 1.807) is 19.1 Å². The Morgan fingerprint density at radius 2 is 2.31 bits per heavy atom. The molecule has 1 unspecified atom stereocenters. The van der Waals surface area contributed by atoms with E-state index in [1.807, 2.05) is 6.07 Å². The Morgan fingerprint density at radius 1 is 1.62 bits per heavy atom. The molecule has 0 fully saturated rings. The fourth-order valence-corrected chi connectivity index (χ4v) is 1.33. The molecule has 1 amide bonds. The summed E-state index contributed by atoms with van der Waals surface area (Å²) in [7, 11) is 1.54. The van der Waals surface area contributed by atoms with E-state index >= 15 is 0 Å². The SMILES string of the molecule is CNC(=O)C(C)Oc1ccc(C#N)c(Cl)c1. The first kappa shape index (κ1) is 12.3. The Balaban J connectivity index is 2.80. The van der Waals surface area contributed by atoms with Crippen molar-refractivity contribution in [2.24, 2.45) is 0 Å². The Morgan fingerprint density at radius 3 is 2.81 bits per heavy atom. The lowest BCUT2D eigenvalue weighted by atomic mass is 10.2. The average Bonchev–Trinajstić information content (AvgIpc) is 2.28. The Kier molecular flexibility index (Phi) is 4.15. The number of halogens is 1. The smallest absolute Gasteiger partial charge is 0.260 e. The molecule has 0 aliphatic carbocycles. The van der Waals surface area contributed by atoms with Crippen molar-refractivity contribution in [1.29, 1.82) is 5.26 Å². The Hall–Kier alpha value is -1.73. The molecular weight excluding hydrogens is 228 g/mol. The first-order valence-electron chi connectivity index (χ1n) is 4.66. The predicted octanol–water partition coefficient (Wildman–Crippen LogP) is 1.72. The highest BCUT2D eigenvalue weighted by Gasteiger charge is 2.13. The molecule has 16 heavy (non-hydrogen) atoms. The molecule has 1 aromatic carbocycles. The van der Waals surface area contributed by atoms with E-state index in [9.17, 15) is 4.79 Å². The van der Waals surface area contributed by atoms with E-state index in [0.717, 1.165) is 0 Å². The minimum atomic E-state index is -0.603. The number of amides is 1. The van der Waals surface area contributed by atoms with Crippen molar-refractivity contribution in [1.82, 2.24) is 5.32 Å². The summed E-state index contributed by atoms with van der Waals surface area (Å²) in [4.78, 5) is 11.2. The van der Waals surface area contributed by atoms with E-state index in [1.165, 1.54) is 13.1 Å². The van der Waals surface area contributed by atoms with E-state index in [2.05, 4.69) is 5.32 Å². The molecule has 0 spiro atoms. The van der Waals surface area contributed by atoms with Crippen LogP contribution >= 0.6 is 11.6 Å². The van der Waals surface area contributed by atoms with Gasteiger partial charge in [-0.15, -0.1) is 0 Å². The van der Waals surface area contributed by atoms with Crippen LogP contribution in [0.15, 0.2) is 18.2 Å². The van der Waals surface area contributed by atoms with Gasteiger partial charge in [-0.25, -0.2) is 0 Å². The molecule has 0 aromatic heterocycles. The summed E-state index contributed by atoms with van der Waals surface area (Å²) in [5.41, 5.74) is 0.376. The van der Waals surface area contributed by atoms with Crippen LogP contribution in [0, 0.1) is 11.3 Å². The molecule has 0 aliphatic rings. The van der Waals surface area contributed by atoms with Crippen molar-refractivity contribution in [3.8, 4) is 11.8 Å². The number of likely N-dealkylation sites (N-methyl/N-ethyl adjacent to an activating group) is 1. The number of nitrogens with zero attached hydrogens (tertiary/aromatic N) is 1. The van der Waals surface area contributed by atoms with Gasteiger partial charge in [-0.05, 0) is 19.1 Å². The summed E-state index contributed by atoms with van der Waals surface area (Å²) >= 11 is 5.82. The van der Waals surface area contributed by atoms with Crippen LogP contribution in [0.2, 0.25) is 5.02 Å². The molecule has 0 saturated carbocycles. The monoisotopic (exact) mass is 238 g/mol. The van der Waals surface area contributed by atoms with Crippen LogP contribution in [0.25, 0.3) is 0 Å². The molecule has 1 aromatic rings. The lowest BCUT2D eigenvalue weighted by Gasteiger charge is -2.13. The fourth-order valence-electron chi connectivity index (χ4n) is 1.12. The number of benzene rings is 1. The molecular formula is C11H11ClN2O2. The van der Waals surface area contributed by atoms with E-state index in [-0.39, 0.29) is 5.91 Å². The van der Waals surface area contributed by atoms with Crippen molar-refractivity contribution >= 4 is 17.5 Å². The molecule has 1 atom stereocenters. The van der Waals surface area contributed by atoms with Gasteiger partial charge >= 0.3 is 0 Å². The van der Waals surface area contributed by atoms with E-state index < -0.39 is 6.10 Å². The second kappa shape index (κ2) is 5.38. The number of nitrogens with one attached hydrogen (secondary N) is 1. The molecule has 0 saturated heterocycles. The summed E-state index contributed by atoms with van der Waals surface area (Å²) in [6.45, 7) is 1.63. The maximum atomic E-state index is 11.2. The maximum absolute atomic E-state index is 11.2. The molecule has 84 valence electrons. The maximum Gasteiger partial charge on any atom is 0.260 e. The zero-order chi connectivity index (χ0) is 12.1. The standard InChI is InChI=1S/C11H11ClN2O2/c1-7(11(15)14-2)16-9-4-3-8(6-13)10(12)5-9/h3-5,7H,1-2H3,(H,14,15). The quantitative estimate of drug-likeness (QED) is 0.872. The van der Waals surface area contributed by atoms with Crippen molar-refractivity contribution < 1.29 is 9.53 Å². The molecule has 0 radical (unpaired) electrons. The van der Waals surface area contributed by atoms with Crippen molar-refractivity contribution in [2.45, 2.75) is 13.0 Å². The highest BCUT2D eigenvalue weighted by molar-refractivity contribution is 6.31. The minimum Gasteiger partial charge on any atom is -0.481 e. The summed E-state index contributed by atoms with van der Waals surface area (Å²) in [6.07, 6.45) is -0.603. The van der Waals surface area contributed by atoms with Gasteiger partial charge in [0.05, 0.1) is 10.6 Å². The first-order valence-corrected chi connectivity index (χ1v) is 5.04. The Bertz CT molecular complexity index is 440. The van der Waals surface area contributed by atoms with Crippen LogP contribution in [-0.2, 0) is 4.79 Å². The Labute approximate surface area is 98.8 Å². The highest BCUT2D eigenvalue weighted by Crippen LogP contribution is 2.22. The van der Waals surface area contributed by atoms with Crippen LogP contribution < -0.4 is 10.1 Å². The van der Waals surface area contributed by atoms with Crippen LogP contribution in [0.4, 0.5) is 0 Å². The molecule has 5 heteroatoms. The molecule has 1 rings (SSSR count). The molecule has 0 heterocycles. The molecule has 0 bridgehead atoms. The van der Waals surface area contributed by atoms with Gasteiger partial charge in [0.2, 0.25) is 0 Å². The third kappa shape index (κ3) is 2.88. The number of carbonyl (C=O) groups excluding carboxylic acids is 1. The summed E-state index contributed by atoms with van der Waals surface area (Å²) in [6, 6.07) is 6.61. The van der Waals surface area contributed by atoms with Gasteiger partial charge in [-0.2, -0.15) is 5.26 Å². The molecule has 1 N–H and O–H groups in total. The number of ether oxygens (including phenoxy) is 1. The van der Waals surface area contributed by atoms with Gasteiger partial charge in [0.15, 0.2) is 6.10 Å². The van der Waals surface area contributed by atoms with Crippen LogP contribution in [0.5, 0.6) is 5.75 Å². The number of rotatable bonds is 3. The number of hydrogen-bond donors (Lipinski definition) is 1. The highest BCUT2D eigenvalue weighted by atomic mass is 35.5. The average molecular weight is 239 g/mol.